The lowest BCUT2D eigenvalue weighted by Gasteiger charge is -2.15. The SMILES string of the molecule is CC(=O)N(C)c1ccc(NC(=O)C=Cc2cccc3ccccc23)cc1. The predicted molar refractivity (Wildman–Crippen MR) is 107 cm³/mol. The van der Waals surface area contributed by atoms with Crippen molar-refractivity contribution in [3.63, 3.8) is 0 Å². The molecule has 0 saturated heterocycles. The molecule has 0 aliphatic rings. The lowest BCUT2D eigenvalue weighted by atomic mass is 10.0. The standard InChI is InChI=1S/C22H20N2O2/c1-16(25)24(2)20-13-11-19(12-14-20)23-22(26)15-10-18-8-5-7-17-6-3-4-9-21(17)18/h3-15H,1-2H3,(H,23,26). The minimum Gasteiger partial charge on any atom is -0.323 e. The summed E-state index contributed by atoms with van der Waals surface area (Å²) in [6.45, 7) is 1.51. The Morgan fingerprint density at radius 3 is 2.35 bits per heavy atom. The van der Waals surface area contributed by atoms with Crippen molar-refractivity contribution in [2.45, 2.75) is 6.92 Å². The number of nitrogens with one attached hydrogen (secondary N) is 1. The predicted octanol–water partition coefficient (Wildman–Crippen LogP) is 4.47. The number of hydrogen-bond donors (Lipinski definition) is 1. The molecule has 3 aromatic rings. The van der Waals surface area contributed by atoms with E-state index in [0.717, 1.165) is 22.0 Å². The number of nitrogens with zero attached hydrogens (tertiary/aromatic N) is 1. The van der Waals surface area contributed by atoms with Gasteiger partial charge in [0.15, 0.2) is 0 Å². The summed E-state index contributed by atoms with van der Waals surface area (Å²) < 4.78 is 0. The highest BCUT2D eigenvalue weighted by Crippen LogP contribution is 2.20. The molecule has 0 bridgehead atoms. The Morgan fingerprint density at radius 2 is 1.62 bits per heavy atom. The van der Waals surface area contributed by atoms with Crippen LogP contribution in [0.25, 0.3) is 16.8 Å². The van der Waals surface area contributed by atoms with E-state index in [4.69, 9.17) is 0 Å². The average Bonchev–Trinajstić information content (AvgIpc) is 2.66. The van der Waals surface area contributed by atoms with Crippen LogP contribution in [0.5, 0.6) is 0 Å². The summed E-state index contributed by atoms with van der Waals surface area (Å²) in [7, 11) is 1.71. The van der Waals surface area contributed by atoms with Gasteiger partial charge in [0, 0.05) is 31.4 Å². The molecule has 1 N–H and O–H groups in total. The molecule has 0 aromatic heterocycles. The van der Waals surface area contributed by atoms with Crippen LogP contribution in [0.2, 0.25) is 0 Å². The smallest absolute Gasteiger partial charge is 0.248 e. The number of carbonyl (C=O) groups excluding carboxylic acids is 2. The van der Waals surface area contributed by atoms with Gasteiger partial charge in [0.1, 0.15) is 0 Å². The highest BCUT2D eigenvalue weighted by Gasteiger charge is 2.05. The number of benzene rings is 3. The lowest BCUT2D eigenvalue weighted by molar-refractivity contribution is -0.116. The minimum absolute atomic E-state index is 0.0418. The summed E-state index contributed by atoms with van der Waals surface area (Å²) in [5.74, 6) is -0.245. The van der Waals surface area contributed by atoms with Gasteiger partial charge >= 0.3 is 0 Å². The number of hydrogen-bond acceptors (Lipinski definition) is 2. The van der Waals surface area contributed by atoms with E-state index in [2.05, 4.69) is 5.32 Å². The van der Waals surface area contributed by atoms with Crippen LogP contribution in [-0.2, 0) is 9.59 Å². The van der Waals surface area contributed by atoms with E-state index in [1.54, 1.807) is 36.2 Å². The second-order valence-electron chi connectivity index (χ2n) is 6.02. The summed E-state index contributed by atoms with van der Waals surface area (Å²) >= 11 is 0. The van der Waals surface area contributed by atoms with Crippen molar-refractivity contribution in [1.82, 2.24) is 0 Å². The van der Waals surface area contributed by atoms with Gasteiger partial charge in [-0.25, -0.2) is 0 Å². The van der Waals surface area contributed by atoms with Gasteiger partial charge in [-0.15, -0.1) is 0 Å². The lowest BCUT2D eigenvalue weighted by Crippen LogP contribution is -2.22. The van der Waals surface area contributed by atoms with Gasteiger partial charge in [-0.05, 0) is 46.7 Å². The Kier molecular flexibility index (Phi) is 5.13. The van der Waals surface area contributed by atoms with E-state index in [-0.39, 0.29) is 11.8 Å². The van der Waals surface area contributed by atoms with Gasteiger partial charge in [-0.2, -0.15) is 0 Å². The Labute approximate surface area is 152 Å². The van der Waals surface area contributed by atoms with Crippen molar-refractivity contribution >= 4 is 40.0 Å². The van der Waals surface area contributed by atoms with Gasteiger partial charge < -0.3 is 10.2 Å². The van der Waals surface area contributed by atoms with E-state index in [1.165, 1.54) is 13.0 Å². The maximum Gasteiger partial charge on any atom is 0.248 e. The zero-order chi connectivity index (χ0) is 18.5. The zero-order valence-corrected chi connectivity index (χ0v) is 14.8. The molecule has 26 heavy (non-hydrogen) atoms. The van der Waals surface area contributed by atoms with Crippen molar-refractivity contribution in [3.05, 3.63) is 78.4 Å². The molecule has 0 aliphatic heterocycles. The van der Waals surface area contributed by atoms with E-state index in [1.807, 2.05) is 48.5 Å². The van der Waals surface area contributed by atoms with E-state index in [0.29, 0.717) is 5.69 Å². The van der Waals surface area contributed by atoms with E-state index in [9.17, 15) is 9.59 Å². The van der Waals surface area contributed by atoms with Crippen molar-refractivity contribution in [2.75, 3.05) is 17.3 Å². The maximum absolute atomic E-state index is 12.2. The fourth-order valence-electron chi connectivity index (χ4n) is 2.70. The Hall–Kier alpha value is -3.40. The summed E-state index contributed by atoms with van der Waals surface area (Å²) in [5, 5.41) is 5.07. The normalized spacial score (nSPS) is 10.8. The third-order valence-corrected chi connectivity index (χ3v) is 4.23. The molecule has 3 rings (SSSR count). The van der Waals surface area contributed by atoms with Gasteiger partial charge in [0.2, 0.25) is 11.8 Å². The molecule has 0 radical (unpaired) electrons. The van der Waals surface area contributed by atoms with Gasteiger partial charge in [-0.1, -0.05) is 42.5 Å². The first kappa shape index (κ1) is 17.4. The number of carbonyl (C=O) groups is 2. The molecule has 0 heterocycles. The van der Waals surface area contributed by atoms with E-state index < -0.39 is 0 Å². The highest BCUT2D eigenvalue weighted by atomic mass is 16.2. The van der Waals surface area contributed by atoms with Crippen LogP contribution >= 0.6 is 0 Å². The fraction of sp³-hybridized carbons (Fsp3) is 0.0909. The maximum atomic E-state index is 12.2. The number of rotatable bonds is 4. The highest BCUT2D eigenvalue weighted by molar-refractivity contribution is 6.03. The molecule has 0 aliphatic carbocycles. The second-order valence-corrected chi connectivity index (χ2v) is 6.02. The molecular formula is C22H20N2O2. The van der Waals surface area contributed by atoms with Crippen molar-refractivity contribution in [3.8, 4) is 0 Å². The Morgan fingerprint density at radius 1 is 0.923 bits per heavy atom. The van der Waals surface area contributed by atoms with Crippen LogP contribution in [0.3, 0.4) is 0 Å². The topological polar surface area (TPSA) is 49.4 Å². The molecule has 130 valence electrons. The molecule has 2 amide bonds. The monoisotopic (exact) mass is 344 g/mol. The number of anilines is 2. The molecule has 0 fully saturated rings. The quantitative estimate of drug-likeness (QED) is 0.710. The number of amides is 2. The third kappa shape index (κ3) is 3.98. The molecule has 4 heteroatoms. The van der Waals surface area contributed by atoms with E-state index >= 15 is 0 Å². The van der Waals surface area contributed by atoms with Crippen LogP contribution in [-0.4, -0.2) is 18.9 Å². The second kappa shape index (κ2) is 7.66. The van der Waals surface area contributed by atoms with Crippen LogP contribution in [0.4, 0.5) is 11.4 Å². The number of fused-ring (bicyclic) bond motifs is 1. The minimum atomic E-state index is -0.203. The van der Waals surface area contributed by atoms with Crippen LogP contribution < -0.4 is 10.2 Å². The largest absolute Gasteiger partial charge is 0.323 e. The van der Waals surface area contributed by atoms with Gasteiger partial charge in [0.25, 0.3) is 0 Å². The zero-order valence-electron chi connectivity index (χ0n) is 14.8. The summed E-state index contributed by atoms with van der Waals surface area (Å²) in [5.41, 5.74) is 2.46. The fourth-order valence-corrected chi connectivity index (χ4v) is 2.70. The summed E-state index contributed by atoms with van der Waals surface area (Å²) in [6.07, 6.45) is 3.34. The van der Waals surface area contributed by atoms with Gasteiger partial charge in [-0.3, -0.25) is 9.59 Å². The van der Waals surface area contributed by atoms with Crippen LogP contribution in [0, 0.1) is 0 Å². The van der Waals surface area contributed by atoms with Crippen molar-refractivity contribution in [1.29, 1.82) is 0 Å². The summed E-state index contributed by atoms with van der Waals surface area (Å²) in [6, 6.07) is 21.2. The first-order valence-corrected chi connectivity index (χ1v) is 8.36. The first-order chi connectivity index (χ1) is 12.5. The molecule has 4 nitrogen and oxygen atoms in total. The van der Waals surface area contributed by atoms with Crippen molar-refractivity contribution < 1.29 is 9.59 Å². The average molecular weight is 344 g/mol. The van der Waals surface area contributed by atoms with Crippen LogP contribution in [0.1, 0.15) is 12.5 Å². The van der Waals surface area contributed by atoms with Gasteiger partial charge in [0.05, 0.1) is 0 Å². The third-order valence-electron chi connectivity index (χ3n) is 4.23. The van der Waals surface area contributed by atoms with Crippen molar-refractivity contribution in [2.24, 2.45) is 0 Å². The first-order valence-electron chi connectivity index (χ1n) is 8.36. The molecule has 0 atom stereocenters. The van der Waals surface area contributed by atoms with Crippen LogP contribution in [0.15, 0.2) is 72.8 Å². The Bertz CT molecular complexity index is 970. The molecule has 0 saturated carbocycles. The summed E-state index contributed by atoms with van der Waals surface area (Å²) in [4.78, 5) is 25.1. The molecule has 0 spiro atoms. The molecule has 3 aromatic carbocycles. The Balaban J connectivity index is 1.70. The molecular weight excluding hydrogens is 324 g/mol. The molecule has 0 unspecified atom stereocenters.